The number of halogens is 3. The van der Waals surface area contributed by atoms with Gasteiger partial charge in [-0.1, -0.05) is 0 Å². The molecular formula is C18H27Cl3Fe2N4O21. The Morgan fingerprint density at radius 1 is 0.417 bits per heavy atom. The molecule has 15 N–H and O–H groups in total. The Hall–Kier alpha value is -3.14. The van der Waals surface area contributed by atoms with Crippen LogP contribution < -0.4 is 55.2 Å². The molecule has 0 aliphatic carbocycles. The third-order valence-electron chi connectivity index (χ3n) is 4.02. The summed E-state index contributed by atoms with van der Waals surface area (Å²) in [5.74, 6) is -15.8. The molecule has 3 atom stereocenters. The van der Waals surface area contributed by atoms with Gasteiger partial charge in [-0.3, -0.25) is 14.4 Å². The minimum Gasteiger partial charge on any atom is -0.550 e. The zero-order chi connectivity index (χ0) is 34.1. The van der Waals surface area contributed by atoms with Crippen molar-refractivity contribution in [3.63, 3.8) is 0 Å². The summed E-state index contributed by atoms with van der Waals surface area (Å²) in [5, 5.41) is 88.4. The summed E-state index contributed by atoms with van der Waals surface area (Å²) in [7, 11) is 0. The van der Waals surface area contributed by atoms with Gasteiger partial charge in [0.05, 0.1) is 37.2 Å². The van der Waals surface area contributed by atoms with Crippen LogP contribution in [0.5, 0.6) is 0 Å². The number of carboxylic acids is 6. The van der Waals surface area contributed by atoms with Gasteiger partial charge in [-0.2, -0.15) is 0 Å². The molecule has 0 saturated carbocycles. The normalized spacial score (nSPS) is 12.4. The summed E-state index contributed by atoms with van der Waals surface area (Å²) in [6, 6.07) is 0. The maximum atomic E-state index is 10.5. The predicted octanol–water partition coefficient (Wildman–Crippen LogP) is -9.27. The van der Waals surface area contributed by atoms with Crippen LogP contribution in [0.15, 0.2) is 0 Å². The third-order valence-corrected chi connectivity index (χ3v) is 4.54. The van der Waals surface area contributed by atoms with E-state index in [1.807, 2.05) is 0 Å². The number of aliphatic carboxylic acids is 6. The second-order valence-electron chi connectivity index (χ2n) is 7.48. The molecule has 0 aromatic rings. The van der Waals surface area contributed by atoms with Crippen molar-refractivity contribution in [2.45, 2.75) is 55.3 Å². The maximum absolute atomic E-state index is 10.5. The summed E-state index contributed by atoms with van der Waals surface area (Å²) in [5.41, 5.74) is -8.61. The van der Waals surface area contributed by atoms with Gasteiger partial charge in [0.1, 0.15) is 52.4 Å². The van der Waals surface area contributed by atoms with E-state index >= 15 is 0 Å². The molecule has 0 fully saturated rings. The fourth-order valence-electron chi connectivity index (χ4n) is 2.14. The summed E-state index contributed by atoms with van der Waals surface area (Å²) >= 11 is 13.7. The molecule has 0 heterocycles. The van der Waals surface area contributed by atoms with Crippen LogP contribution >= 0.6 is 35.6 Å². The van der Waals surface area contributed by atoms with Gasteiger partial charge < -0.3 is 112 Å². The molecule has 3 unspecified atom stereocenters. The molecule has 0 aliphatic heterocycles. The first-order valence-electron chi connectivity index (χ1n) is 9.80. The Balaban J connectivity index is -0.0000000639. The van der Waals surface area contributed by atoms with Crippen LogP contribution in [0.25, 0.3) is 0 Å². The van der Waals surface area contributed by atoms with Gasteiger partial charge in [-0.05, 0) is 0 Å². The second kappa shape index (κ2) is 31.1. The van der Waals surface area contributed by atoms with Crippen LogP contribution in [0.2, 0.25) is 0 Å². The van der Waals surface area contributed by atoms with Crippen LogP contribution in [0, 0.1) is 0 Å². The maximum Gasteiger partial charge on any atom is 3.00 e. The average Bonchev–Trinajstić information content (AvgIpc) is 2.82. The van der Waals surface area contributed by atoms with E-state index in [4.69, 9.17) is 15.3 Å². The molecule has 282 valence electrons. The van der Waals surface area contributed by atoms with Crippen molar-refractivity contribution in [3.05, 3.63) is 0 Å². The molecule has 0 rings (SSSR count). The van der Waals surface area contributed by atoms with Crippen molar-refractivity contribution in [1.82, 2.24) is 24.6 Å². The van der Waals surface area contributed by atoms with Crippen molar-refractivity contribution in [2.24, 2.45) is 0 Å². The van der Waals surface area contributed by atoms with Crippen molar-refractivity contribution >= 4 is 89.3 Å². The van der Waals surface area contributed by atoms with Crippen LogP contribution in [-0.4, -0.2) is 85.8 Å². The molecule has 0 saturated heterocycles. The number of aliphatic hydroxyl groups is 3. The Kier molecular flexibility index (Phi) is 43.5. The van der Waals surface area contributed by atoms with Crippen molar-refractivity contribution in [2.75, 3.05) is 0 Å². The molecular weight excluding hydrogens is 826 g/mol. The van der Waals surface area contributed by atoms with Gasteiger partial charge in [0, 0.05) is 37.2 Å². The summed E-state index contributed by atoms with van der Waals surface area (Å²) < 4.78 is 10.6. The summed E-state index contributed by atoms with van der Waals surface area (Å²) in [6.07, 6.45) is -7.27. The van der Waals surface area contributed by atoms with E-state index in [0.29, 0.717) is 0 Å². The van der Waals surface area contributed by atoms with E-state index in [1.54, 1.807) is 0 Å². The van der Waals surface area contributed by atoms with Gasteiger partial charge in [-0.15, -0.1) is 0 Å². The number of carbonyl (C=O) groups excluding carboxylic acids is 9. The van der Waals surface area contributed by atoms with Crippen molar-refractivity contribution in [1.29, 1.82) is 0 Å². The monoisotopic (exact) mass is 852 g/mol. The SMILES string of the molecule is N.N.N.N.O=C([O-])CC(O)(CC(=O)OCl)C(=O)[O-].O=C([O-])CC(O)(CC(=O)OCl)C(=O)[O-].O=C([O-])CC(O)(CC(=O)OCl)C(=O)[O-].[Fe+3].[Fe+3]. The van der Waals surface area contributed by atoms with E-state index in [2.05, 4.69) is 48.5 Å². The van der Waals surface area contributed by atoms with Gasteiger partial charge in [0.25, 0.3) is 0 Å². The van der Waals surface area contributed by atoms with Crippen molar-refractivity contribution < 1.29 is 136 Å². The first-order chi connectivity index (χ1) is 18.9. The van der Waals surface area contributed by atoms with E-state index in [1.165, 1.54) is 0 Å². The Morgan fingerprint density at radius 3 is 0.646 bits per heavy atom. The second-order valence-corrected chi connectivity index (χ2v) is 7.94. The number of rotatable bonds is 15. The molecule has 0 aromatic carbocycles. The molecule has 48 heavy (non-hydrogen) atoms. The number of hydrogen-bond acceptors (Lipinski definition) is 25. The number of carboxylic acid groups (broad SMARTS) is 6. The quantitative estimate of drug-likeness (QED) is 0.0752. The van der Waals surface area contributed by atoms with E-state index < -0.39 is 109 Å². The summed E-state index contributed by atoms with van der Waals surface area (Å²) in [4.78, 5) is 92.5. The molecule has 0 aliphatic rings. The van der Waals surface area contributed by atoms with Gasteiger partial charge in [-0.25, -0.2) is 0 Å². The van der Waals surface area contributed by atoms with E-state index in [-0.39, 0.29) is 58.7 Å². The molecule has 2 radical (unpaired) electrons. The van der Waals surface area contributed by atoms with E-state index in [0.717, 1.165) is 0 Å². The Bertz CT molecular complexity index is 949. The minimum absolute atomic E-state index is 0. The van der Waals surface area contributed by atoms with Crippen molar-refractivity contribution in [3.8, 4) is 0 Å². The third kappa shape index (κ3) is 29.0. The molecule has 0 aromatic heterocycles. The molecule has 30 heteroatoms. The molecule has 0 bridgehead atoms. The van der Waals surface area contributed by atoms with Gasteiger partial charge in [0.15, 0.2) is 0 Å². The molecule has 25 nitrogen and oxygen atoms in total. The first-order valence-corrected chi connectivity index (χ1v) is 10.7. The summed E-state index contributed by atoms with van der Waals surface area (Å²) in [6.45, 7) is 0. The smallest absolute Gasteiger partial charge is 0.550 e. The topological polar surface area (TPSA) is 520 Å². The van der Waals surface area contributed by atoms with E-state index in [9.17, 15) is 73.8 Å². The first kappa shape index (κ1) is 67.1. The molecule has 0 spiro atoms. The minimum atomic E-state index is -2.87. The fraction of sp³-hybridized carbons (Fsp3) is 0.500. The van der Waals surface area contributed by atoms with Gasteiger partial charge >= 0.3 is 52.0 Å². The van der Waals surface area contributed by atoms with Crippen LogP contribution in [0.4, 0.5) is 0 Å². The van der Waals surface area contributed by atoms with Gasteiger partial charge in [0.2, 0.25) is 0 Å². The molecule has 0 amide bonds. The zero-order valence-electron chi connectivity index (χ0n) is 23.6. The van der Waals surface area contributed by atoms with Crippen LogP contribution in [0.3, 0.4) is 0 Å². The largest absolute Gasteiger partial charge is 3.00 e. The Morgan fingerprint density at radius 2 is 0.562 bits per heavy atom. The number of carbonyl (C=O) groups is 9. The predicted molar refractivity (Wildman–Crippen MR) is 129 cm³/mol. The van der Waals surface area contributed by atoms with Crippen LogP contribution in [0.1, 0.15) is 38.5 Å². The average molecular weight is 853 g/mol. The van der Waals surface area contributed by atoms with Crippen LogP contribution in [-0.2, 0) is 90.2 Å². The Labute approximate surface area is 304 Å². The number of hydrogen-bond donors (Lipinski definition) is 7. The zero-order valence-corrected chi connectivity index (χ0v) is 28.1. The standard InChI is InChI=1S/3C6H7ClO7.2Fe.4H3N/c3*7-14-4(10)2-6(13,5(11)12)1-3(8)9;;;;;;/h3*13H,1-2H2,(H,8,9)(H,11,12);;;4*1H3/q;;;2*+3;;;;/p-6. The fourth-order valence-corrected chi connectivity index (χ4v) is 2.30.